The summed E-state index contributed by atoms with van der Waals surface area (Å²) >= 11 is 0. The first-order chi connectivity index (χ1) is 19.0. The Kier molecular flexibility index (Phi) is 6.65. The van der Waals surface area contributed by atoms with Gasteiger partial charge in [-0.25, -0.2) is 9.78 Å². The molecule has 1 aromatic carbocycles. The van der Waals surface area contributed by atoms with Gasteiger partial charge in [0.15, 0.2) is 5.54 Å². The lowest BCUT2D eigenvalue weighted by Gasteiger charge is -2.60. The van der Waals surface area contributed by atoms with Gasteiger partial charge in [0.05, 0.1) is 23.8 Å². The van der Waals surface area contributed by atoms with E-state index in [0.717, 1.165) is 26.2 Å². The zero-order valence-electron chi connectivity index (χ0n) is 22.4. The summed E-state index contributed by atoms with van der Waals surface area (Å²) in [4.78, 5) is 38.5. The molecular weight excluding hydrogens is 494 g/mol. The van der Waals surface area contributed by atoms with Gasteiger partial charge >= 0.3 is 6.03 Å². The molecular formula is C29H35N7O3. The lowest BCUT2D eigenvalue weighted by atomic mass is 9.73. The van der Waals surface area contributed by atoms with Crippen molar-refractivity contribution >= 4 is 17.6 Å². The van der Waals surface area contributed by atoms with E-state index in [9.17, 15) is 14.9 Å². The number of benzene rings is 1. The van der Waals surface area contributed by atoms with Crippen molar-refractivity contribution in [2.24, 2.45) is 5.41 Å². The standard InChI is InChI=1S/C29H35N7O3/c1-2-39-25-22(7-6-10-31-25)29(23-15-21(16-30)8-9-24(23)32-26(29)37)33-27(38)36-19-28(20-36)17-35(18-28)14-13-34-11-4-3-5-12-34/h6-10,15H,2-5,11-14,17-20H2,1H3,(H,32,37)(H,33,38)/t29-/m1/s1. The first-order valence-corrected chi connectivity index (χ1v) is 13.9. The molecule has 2 N–H and O–H groups in total. The van der Waals surface area contributed by atoms with Crippen LogP contribution in [-0.4, -0.2) is 90.6 Å². The molecule has 0 unspecified atom stereocenters. The van der Waals surface area contributed by atoms with E-state index >= 15 is 0 Å². The van der Waals surface area contributed by atoms with E-state index in [1.807, 2.05) is 6.92 Å². The van der Waals surface area contributed by atoms with E-state index in [0.29, 0.717) is 42.1 Å². The number of amides is 3. The topological polar surface area (TPSA) is 114 Å². The molecule has 1 aromatic heterocycles. The third-order valence-corrected chi connectivity index (χ3v) is 8.53. The van der Waals surface area contributed by atoms with Crippen LogP contribution in [0.25, 0.3) is 0 Å². The van der Waals surface area contributed by atoms with E-state index in [2.05, 4.69) is 31.5 Å². The summed E-state index contributed by atoms with van der Waals surface area (Å²) in [5.41, 5.74) is 0.467. The molecule has 6 rings (SSSR count). The number of carbonyl (C=O) groups is 2. The van der Waals surface area contributed by atoms with Gasteiger partial charge in [-0.05, 0) is 63.2 Å². The van der Waals surface area contributed by atoms with Crippen LogP contribution in [0.4, 0.5) is 10.5 Å². The molecule has 4 aliphatic heterocycles. The number of likely N-dealkylation sites (tertiary alicyclic amines) is 3. The molecule has 0 radical (unpaired) electrons. The van der Waals surface area contributed by atoms with Gasteiger partial charge in [0.25, 0.3) is 5.91 Å². The molecule has 10 heteroatoms. The van der Waals surface area contributed by atoms with Gasteiger partial charge in [-0.15, -0.1) is 0 Å². The van der Waals surface area contributed by atoms with Crippen LogP contribution in [-0.2, 0) is 10.3 Å². The number of ether oxygens (including phenoxy) is 1. The number of nitrogens with zero attached hydrogens (tertiary/aromatic N) is 5. The van der Waals surface area contributed by atoms with Gasteiger partial charge in [0, 0.05) is 62.1 Å². The number of piperidine rings is 1. The minimum Gasteiger partial charge on any atom is -0.478 e. The van der Waals surface area contributed by atoms with Crippen molar-refractivity contribution < 1.29 is 14.3 Å². The monoisotopic (exact) mass is 529 g/mol. The maximum Gasteiger partial charge on any atom is 0.318 e. The lowest BCUT2D eigenvalue weighted by molar-refractivity contribution is -0.121. The van der Waals surface area contributed by atoms with E-state index < -0.39 is 11.4 Å². The van der Waals surface area contributed by atoms with Crippen LogP contribution in [0.15, 0.2) is 36.5 Å². The second-order valence-electron chi connectivity index (χ2n) is 11.3. The summed E-state index contributed by atoms with van der Waals surface area (Å²) in [5.74, 6) is -0.133. The van der Waals surface area contributed by atoms with Crippen molar-refractivity contribution in [3.8, 4) is 11.9 Å². The van der Waals surface area contributed by atoms with Gasteiger partial charge in [0.2, 0.25) is 5.88 Å². The minimum absolute atomic E-state index is 0.140. The highest BCUT2D eigenvalue weighted by Crippen LogP contribution is 2.45. The Balaban J connectivity index is 1.18. The lowest BCUT2D eigenvalue weighted by Crippen LogP contribution is -2.74. The Labute approximate surface area is 228 Å². The second kappa shape index (κ2) is 10.1. The molecule has 0 bridgehead atoms. The van der Waals surface area contributed by atoms with Crippen molar-refractivity contribution in [1.82, 2.24) is 25.0 Å². The summed E-state index contributed by atoms with van der Waals surface area (Å²) in [6.45, 7) is 10.1. The average Bonchev–Trinajstić information content (AvgIpc) is 3.18. The highest BCUT2D eigenvalue weighted by atomic mass is 16.5. The van der Waals surface area contributed by atoms with E-state index in [-0.39, 0.29) is 17.3 Å². The number of hydrogen-bond donors (Lipinski definition) is 2. The molecule has 204 valence electrons. The van der Waals surface area contributed by atoms with Crippen molar-refractivity contribution in [2.45, 2.75) is 31.7 Å². The van der Waals surface area contributed by atoms with Crippen molar-refractivity contribution in [3.05, 3.63) is 53.2 Å². The number of nitriles is 1. The number of urea groups is 1. The van der Waals surface area contributed by atoms with Gasteiger partial charge in [-0.1, -0.05) is 6.42 Å². The van der Waals surface area contributed by atoms with Crippen molar-refractivity contribution in [3.63, 3.8) is 0 Å². The summed E-state index contributed by atoms with van der Waals surface area (Å²) < 4.78 is 5.78. The molecule has 0 saturated carbocycles. The fourth-order valence-corrected chi connectivity index (χ4v) is 6.63. The molecule has 39 heavy (non-hydrogen) atoms. The van der Waals surface area contributed by atoms with Crippen LogP contribution in [0.3, 0.4) is 0 Å². The fourth-order valence-electron chi connectivity index (χ4n) is 6.63. The first kappa shape index (κ1) is 25.6. The smallest absolute Gasteiger partial charge is 0.318 e. The van der Waals surface area contributed by atoms with Crippen molar-refractivity contribution in [2.75, 3.05) is 64.3 Å². The quantitative estimate of drug-likeness (QED) is 0.566. The Morgan fingerprint density at radius 3 is 2.62 bits per heavy atom. The Bertz CT molecular complexity index is 1300. The van der Waals surface area contributed by atoms with E-state index in [1.165, 1.54) is 32.4 Å². The number of carbonyl (C=O) groups excluding carboxylic acids is 2. The number of anilines is 1. The van der Waals surface area contributed by atoms with Crippen LogP contribution in [0.5, 0.6) is 5.88 Å². The Morgan fingerprint density at radius 1 is 1.10 bits per heavy atom. The number of fused-ring (bicyclic) bond motifs is 1. The van der Waals surface area contributed by atoms with Crippen LogP contribution >= 0.6 is 0 Å². The van der Waals surface area contributed by atoms with Crippen molar-refractivity contribution in [1.29, 1.82) is 5.26 Å². The normalized spacial score (nSPS) is 23.8. The molecule has 3 amide bonds. The third kappa shape index (κ3) is 4.49. The zero-order chi connectivity index (χ0) is 27.0. The first-order valence-electron chi connectivity index (χ1n) is 13.9. The predicted molar refractivity (Wildman–Crippen MR) is 145 cm³/mol. The molecule has 10 nitrogen and oxygen atoms in total. The number of hydrogen-bond acceptors (Lipinski definition) is 7. The SMILES string of the molecule is CCOc1ncccc1[C@]1(NC(=O)N2CC3(CN(CCN4CCCCC4)C3)C2)C(=O)Nc2ccc(C#N)cc21. The zero-order valence-corrected chi connectivity index (χ0v) is 22.4. The molecule has 1 spiro atoms. The molecule has 3 saturated heterocycles. The molecule has 5 heterocycles. The molecule has 4 aliphatic rings. The molecule has 2 aromatic rings. The van der Waals surface area contributed by atoms with E-state index in [1.54, 1.807) is 41.4 Å². The molecule has 3 fully saturated rings. The van der Waals surface area contributed by atoms with Gasteiger partial charge < -0.3 is 30.1 Å². The summed E-state index contributed by atoms with van der Waals surface area (Å²) in [5, 5.41) is 15.5. The number of nitrogens with one attached hydrogen (secondary N) is 2. The Morgan fingerprint density at radius 2 is 1.87 bits per heavy atom. The highest BCUT2D eigenvalue weighted by Gasteiger charge is 2.56. The molecule has 1 atom stereocenters. The number of pyridine rings is 1. The summed E-state index contributed by atoms with van der Waals surface area (Å²) in [6, 6.07) is 10.3. The van der Waals surface area contributed by atoms with Crippen LogP contribution in [0.2, 0.25) is 0 Å². The van der Waals surface area contributed by atoms with Gasteiger partial charge in [0.1, 0.15) is 0 Å². The van der Waals surface area contributed by atoms with E-state index in [4.69, 9.17) is 4.74 Å². The predicted octanol–water partition coefficient (Wildman–Crippen LogP) is 2.36. The second-order valence-corrected chi connectivity index (χ2v) is 11.3. The summed E-state index contributed by atoms with van der Waals surface area (Å²) in [7, 11) is 0. The maximum absolute atomic E-state index is 13.7. The van der Waals surface area contributed by atoms with Crippen LogP contribution in [0, 0.1) is 16.7 Å². The minimum atomic E-state index is -1.57. The third-order valence-electron chi connectivity index (χ3n) is 8.53. The summed E-state index contributed by atoms with van der Waals surface area (Å²) in [6.07, 6.45) is 5.56. The number of rotatable bonds is 7. The van der Waals surface area contributed by atoms with Gasteiger partial charge in [-0.2, -0.15) is 5.26 Å². The fraction of sp³-hybridized carbons (Fsp3) is 0.517. The largest absolute Gasteiger partial charge is 0.478 e. The highest BCUT2D eigenvalue weighted by molar-refractivity contribution is 6.10. The molecule has 0 aliphatic carbocycles. The maximum atomic E-state index is 13.7. The van der Waals surface area contributed by atoms with Crippen LogP contribution in [0.1, 0.15) is 42.9 Å². The Hall–Kier alpha value is -3.68. The van der Waals surface area contributed by atoms with Gasteiger partial charge in [-0.3, -0.25) is 4.79 Å². The van der Waals surface area contributed by atoms with Crippen LogP contribution < -0.4 is 15.4 Å². The average molecular weight is 530 g/mol. The number of aromatic nitrogens is 1.